The van der Waals surface area contributed by atoms with Crippen LogP contribution >= 0.6 is 31.3 Å². The number of phosphoric acid groups is 4. The van der Waals surface area contributed by atoms with Crippen molar-refractivity contribution >= 4 is 31.3 Å². The standard InChI is InChI=1S/C44H60O16P4/c1-41(2,3)33-17-25-13-27-19-34(42(4,5)6)21-29(38(27)58-62(48,49)50)15-31-23-36(44(10,11)12)24-32(40(31)60-64(54,55)56)16-30-22-35(43(7,8)9)20-28(39(30)59-63(51,52)53)14-26(18-33)37(25)57-61(45,46)47/h17-24H,13-16H2,1-12H3,(H2,45,46,47)(H2,48,49,50)(H2,51,52,53)(H2,54,55,56). The van der Waals surface area contributed by atoms with Crippen molar-refractivity contribution in [3.8, 4) is 23.0 Å². The molecule has 8 N–H and O–H groups in total. The lowest BCUT2D eigenvalue weighted by atomic mass is 9.79. The fourth-order valence-corrected chi connectivity index (χ4v) is 9.45. The average molecular weight is 969 g/mol. The van der Waals surface area contributed by atoms with Gasteiger partial charge in [0.05, 0.1) is 0 Å². The van der Waals surface area contributed by atoms with E-state index in [0.29, 0.717) is 22.3 Å². The summed E-state index contributed by atoms with van der Waals surface area (Å²) in [5, 5.41) is 0. The molecule has 0 unspecified atom stereocenters. The lowest BCUT2D eigenvalue weighted by Gasteiger charge is -2.29. The van der Waals surface area contributed by atoms with E-state index in [4.69, 9.17) is 18.1 Å². The van der Waals surface area contributed by atoms with E-state index in [2.05, 4.69) is 0 Å². The summed E-state index contributed by atoms with van der Waals surface area (Å²) in [4.78, 5) is 83.4. The van der Waals surface area contributed by atoms with Crippen LogP contribution in [0.15, 0.2) is 48.5 Å². The number of rotatable bonds is 8. The van der Waals surface area contributed by atoms with Crippen molar-refractivity contribution in [2.45, 2.75) is 130 Å². The van der Waals surface area contributed by atoms with Gasteiger partial charge in [-0.2, -0.15) is 0 Å². The lowest BCUT2D eigenvalue weighted by molar-refractivity contribution is 0.279. The third kappa shape index (κ3) is 13.4. The Morgan fingerprint density at radius 2 is 0.438 bits per heavy atom. The molecule has 16 nitrogen and oxygen atoms in total. The molecule has 0 amide bonds. The molecule has 0 aliphatic heterocycles. The Bertz CT molecular complexity index is 2200. The smallest absolute Gasteiger partial charge is 0.404 e. The molecule has 4 aromatic carbocycles. The van der Waals surface area contributed by atoms with Crippen LogP contribution in [-0.2, 0) is 65.6 Å². The van der Waals surface area contributed by atoms with Gasteiger partial charge in [0, 0.05) is 25.7 Å². The molecule has 0 spiro atoms. The van der Waals surface area contributed by atoms with Crippen molar-refractivity contribution < 1.29 is 75.5 Å². The SMILES string of the molecule is CC(C)(C)c1cc2c(OP(=O)(O)O)c(c1)Cc1cc(C(C)(C)C)cc(c1OP(=O)(O)O)Cc1cc(C(C)(C)C)cc(c1OP(=O)(O)O)Cc1cc(C(C)(C)C)cc(c1OP(=O)(O)O)C2. The summed E-state index contributed by atoms with van der Waals surface area (Å²) in [6, 6.07) is 13.3. The van der Waals surface area contributed by atoms with Gasteiger partial charge in [0.15, 0.2) is 0 Å². The predicted octanol–water partition coefficient (Wildman–Crippen LogP) is 9.44. The average Bonchev–Trinajstić information content (AvgIpc) is 3.05. The van der Waals surface area contributed by atoms with Gasteiger partial charge in [0.2, 0.25) is 0 Å². The van der Waals surface area contributed by atoms with Crippen LogP contribution in [0.2, 0.25) is 0 Å². The normalized spacial score (nSPS) is 14.6. The summed E-state index contributed by atoms with van der Waals surface area (Å²) >= 11 is 0. The van der Waals surface area contributed by atoms with Crippen LogP contribution < -0.4 is 18.1 Å². The van der Waals surface area contributed by atoms with Gasteiger partial charge in [-0.3, -0.25) is 39.1 Å². The minimum Gasteiger partial charge on any atom is -0.404 e. The molecule has 0 saturated carbocycles. The number of fused-ring (bicyclic) bond motifs is 8. The first-order valence-corrected chi connectivity index (χ1v) is 26.4. The third-order valence-corrected chi connectivity index (χ3v) is 12.5. The second-order valence-corrected chi connectivity index (χ2v) is 25.2. The first kappa shape index (κ1) is 51.7. The van der Waals surface area contributed by atoms with E-state index in [1.807, 2.05) is 83.1 Å². The summed E-state index contributed by atoms with van der Waals surface area (Å²) in [5.74, 6) is -1.16. The van der Waals surface area contributed by atoms with E-state index in [9.17, 15) is 57.4 Å². The molecule has 1 aliphatic rings. The summed E-state index contributed by atoms with van der Waals surface area (Å²) in [5.41, 5.74) is 1.41. The molecular weight excluding hydrogens is 908 g/mol. The van der Waals surface area contributed by atoms with Crippen LogP contribution in [0.4, 0.5) is 0 Å². The molecule has 0 fully saturated rings. The fourth-order valence-electron chi connectivity index (χ4n) is 7.57. The van der Waals surface area contributed by atoms with Crippen LogP contribution in [-0.4, -0.2) is 39.1 Å². The Hall–Kier alpha value is -3.32. The summed E-state index contributed by atoms with van der Waals surface area (Å²) in [7, 11) is -21.4. The van der Waals surface area contributed by atoms with Crippen LogP contribution in [0, 0.1) is 0 Å². The highest BCUT2D eigenvalue weighted by molar-refractivity contribution is 7.47. The number of phosphoric ester groups is 4. The summed E-state index contributed by atoms with van der Waals surface area (Å²) in [6.07, 6.45) is -1.18. The van der Waals surface area contributed by atoms with Crippen molar-refractivity contribution in [1.82, 2.24) is 0 Å². The van der Waals surface area contributed by atoms with Crippen molar-refractivity contribution in [1.29, 1.82) is 0 Å². The lowest BCUT2D eigenvalue weighted by Crippen LogP contribution is -2.17. The molecule has 0 saturated heterocycles. The van der Waals surface area contributed by atoms with E-state index < -0.39 is 53.0 Å². The monoisotopic (exact) mass is 968 g/mol. The molecular formula is C44H60O16P4. The van der Waals surface area contributed by atoms with E-state index in [1.165, 1.54) is 0 Å². The second-order valence-electron chi connectivity index (χ2n) is 20.5. The molecule has 64 heavy (non-hydrogen) atoms. The van der Waals surface area contributed by atoms with Gasteiger partial charge in [-0.1, -0.05) is 132 Å². The minimum atomic E-state index is -5.36. The van der Waals surface area contributed by atoms with Crippen molar-refractivity contribution in [2.75, 3.05) is 0 Å². The molecule has 352 valence electrons. The molecule has 20 heteroatoms. The first-order chi connectivity index (χ1) is 28.7. The zero-order chi connectivity index (χ0) is 48.6. The Labute approximate surface area is 374 Å². The van der Waals surface area contributed by atoms with Gasteiger partial charge < -0.3 is 18.1 Å². The van der Waals surface area contributed by atoms with Gasteiger partial charge in [-0.15, -0.1) is 0 Å². The number of benzene rings is 4. The van der Waals surface area contributed by atoms with E-state index in [1.54, 1.807) is 48.5 Å². The van der Waals surface area contributed by atoms with Gasteiger partial charge in [0.25, 0.3) is 0 Å². The molecule has 0 heterocycles. The van der Waals surface area contributed by atoms with Gasteiger partial charge in [-0.25, -0.2) is 18.3 Å². The first-order valence-electron chi connectivity index (χ1n) is 20.3. The highest BCUT2D eigenvalue weighted by atomic mass is 31.2. The van der Waals surface area contributed by atoms with Gasteiger partial charge in [-0.05, 0) is 88.4 Å². The number of hydrogen-bond acceptors (Lipinski definition) is 8. The molecule has 5 rings (SSSR count). The fraction of sp³-hybridized carbons (Fsp3) is 0.455. The summed E-state index contributed by atoms with van der Waals surface area (Å²) < 4.78 is 73.7. The maximum atomic E-state index is 12.9. The summed E-state index contributed by atoms with van der Waals surface area (Å²) in [6.45, 7) is 22.9. The maximum absolute atomic E-state index is 12.9. The topological polar surface area (TPSA) is 267 Å². The van der Waals surface area contributed by atoms with Crippen molar-refractivity contribution in [3.63, 3.8) is 0 Å². The van der Waals surface area contributed by atoms with E-state index >= 15 is 0 Å². The predicted molar refractivity (Wildman–Crippen MR) is 242 cm³/mol. The highest BCUT2D eigenvalue weighted by Crippen LogP contribution is 2.52. The minimum absolute atomic E-state index is 0.164. The second kappa shape index (κ2) is 17.4. The maximum Gasteiger partial charge on any atom is 0.524 e. The quantitative estimate of drug-likeness (QED) is 0.0673. The Morgan fingerprint density at radius 1 is 0.312 bits per heavy atom. The van der Waals surface area contributed by atoms with E-state index in [0.717, 1.165) is 0 Å². The Balaban J connectivity index is 2.12. The van der Waals surface area contributed by atoms with Crippen molar-refractivity contribution in [3.05, 3.63) is 115 Å². The molecule has 0 aromatic heterocycles. The highest BCUT2D eigenvalue weighted by Gasteiger charge is 2.34. The molecule has 1 aliphatic carbocycles. The van der Waals surface area contributed by atoms with Crippen molar-refractivity contribution in [2.24, 2.45) is 0 Å². The Morgan fingerprint density at radius 3 is 0.531 bits per heavy atom. The largest absolute Gasteiger partial charge is 0.524 e. The van der Waals surface area contributed by atoms with Crippen LogP contribution in [0.5, 0.6) is 23.0 Å². The molecule has 4 aromatic rings. The van der Waals surface area contributed by atoms with Crippen LogP contribution in [0.3, 0.4) is 0 Å². The molecule has 0 atom stereocenters. The zero-order valence-corrected chi connectivity index (χ0v) is 41.7. The Kier molecular flexibility index (Phi) is 14.0. The molecule has 0 radical (unpaired) electrons. The molecule has 8 bridgehead atoms. The van der Waals surface area contributed by atoms with Crippen LogP contribution in [0.25, 0.3) is 0 Å². The zero-order valence-electron chi connectivity index (χ0n) is 38.1. The van der Waals surface area contributed by atoms with Crippen LogP contribution in [0.1, 0.15) is 150 Å². The number of hydrogen-bond donors (Lipinski definition) is 8. The third-order valence-electron chi connectivity index (χ3n) is 10.8. The van der Waals surface area contributed by atoms with E-state index in [-0.39, 0.29) is 93.2 Å². The van der Waals surface area contributed by atoms with Gasteiger partial charge in [0.1, 0.15) is 23.0 Å². The van der Waals surface area contributed by atoms with Gasteiger partial charge >= 0.3 is 31.3 Å².